The zero-order valence-electron chi connectivity index (χ0n) is 27.8. The fourth-order valence-electron chi connectivity index (χ4n) is 6.04. The van der Waals surface area contributed by atoms with Crippen molar-refractivity contribution in [1.29, 1.82) is 0 Å². The number of nitrogens with zero attached hydrogens (tertiary/aromatic N) is 4. The first-order valence-corrected chi connectivity index (χ1v) is 16.9. The molecule has 0 saturated carbocycles. The van der Waals surface area contributed by atoms with E-state index in [2.05, 4.69) is 75.2 Å². The number of imidazole rings is 3. The maximum absolute atomic E-state index is 5.12. The molecule has 0 saturated heterocycles. The Balaban J connectivity index is 0.000000264. The molecular weight excluding hydrogens is 625 g/mol. The van der Waals surface area contributed by atoms with Gasteiger partial charge in [0.2, 0.25) is 0 Å². The summed E-state index contributed by atoms with van der Waals surface area (Å²) < 4.78 is 2.22. The summed E-state index contributed by atoms with van der Waals surface area (Å²) in [5.74, 6) is 2.47. The van der Waals surface area contributed by atoms with Gasteiger partial charge in [0, 0.05) is 22.4 Å². The summed E-state index contributed by atoms with van der Waals surface area (Å²) >= 11 is 0. The molecule has 0 fully saturated rings. The molecule has 0 atom stereocenters. The quantitative estimate of drug-likeness (QED) is 0.198. The van der Waals surface area contributed by atoms with Crippen LogP contribution in [0, 0.1) is 0 Å². The molecule has 6 heteroatoms. The maximum atomic E-state index is 5.12. The molecule has 51 heavy (non-hydrogen) atoms. The van der Waals surface area contributed by atoms with Gasteiger partial charge in [0.25, 0.3) is 0 Å². The summed E-state index contributed by atoms with van der Waals surface area (Å²) in [5, 5.41) is 0. The van der Waals surface area contributed by atoms with Gasteiger partial charge in [-0.2, -0.15) is 0 Å². The number of aromatic nitrogens is 6. The number of nitrogens with one attached hydrogen (secondary N) is 2. The fourth-order valence-corrected chi connectivity index (χ4v) is 6.04. The molecule has 0 radical (unpaired) electrons. The van der Waals surface area contributed by atoms with E-state index < -0.39 is 0 Å². The minimum Gasteiger partial charge on any atom is -0.338 e. The molecule has 0 bridgehead atoms. The van der Waals surface area contributed by atoms with E-state index in [1.807, 2.05) is 133 Å². The molecule has 0 amide bonds. The molecule has 3 aromatic heterocycles. The number of benzene rings is 7. The number of fused-ring (bicyclic) bond motifs is 3. The monoisotopic (exact) mass is 658 g/mol. The van der Waals surface area contributed by atoms with Crippen LogP contribution < -0.4 is 0 Å². The minimum absolute atomic E-state index is 0.804. The predicted octanol–water partition coefficient (Wildman–Crippen LogP) is 11.2. The molecule has 10 rings (SSSR count). The Hall–Kier alpha value is -7.05. The molecule has 0 unspecified atom stereocenters. The Morgan fingerprint density at radius 1 is 0.353 bits per heavy atom. The molecule has 0 aliphatic heterocycles. The highest BCUT2D eigenvalue weighted by Gasteiger charge is 2.18. The van der Waals surface area contributed by atoms with Crippen molar-refractivity contribution in [3.8, 4) is 39.9 Å². The number of hydrogen-bond acceptors (Lipinski definition) is 3. The normalized spacial score (nSPS) is 10.7. The molecule has 2 N–H and O–H groups in total. The number of para-hydroxylation sites is 7. The standard InChI is InChI=1S/C33H22N6.2C6H6/c1-2-10-24(11-3-1)39-30-17-9-8-16-29(30)38-33(39)23-19-21(31-34-25-12-4-5-13-26(25)35-31)18-22(20-23)32-36-27-14-6-7-15-28(27)37-32;2*1-2-4-6-5-3-1/h1-20H,(H,34,35)(H,36,37);2*1-6H. The summed E-state index contributed by atoms with van der Waals surface area (Å²) in [6, 6.07) is 65.2. The summed E-state index contributed by atoms with van der Waals surface area (Å²) in [6.45, 7) is 0. The Labute approximate surface area is 295 Å². The van der Waals surface area contributed by atoms with Crippen LogP contribution in [0.3, 0.4) is 0 Å². The van der Waals surface area contributed by atoms with E-state index in [1.54, 1.807) is 0 Å². The smallest absolute Gasteiger partial charge is 0.145 e. The summed E-state index contributed by atoms with van der Waals surface area (Å²) in [4.78, 5) is 21.9. The number of rotatable bonds is 4. The summed E-state index contributed by atoms with van der Waals surface area (Å²) in [6.07, 6.45) is 0. The highest BCUT2D eigenvalue weighted by molar-refractivity contribution is 5.88. The van der Waals surface area contributed by atoms with E-state index >= 15 is 0 Å². The van der Waals surface area contributed by atoms with Gasteiger partial charge in [-0.3, -0.25) is 4.57 Å². The van der Waals surface area contributed by atoms with Crippen molar-refractivity contribution < 1.29 is 0 Å². The van der Waals surface area contributed by atoms with Gasteiger partial charge in [0.15, 0.2) is 0 Å². The average Bonchev–Trinajstić information content (AvgIpc) is 3.96. The highest BCUT2D eigenvalue weighted by Crippen LogP contribution is 2.35. The molecule has 7 aromatic carbocycles. The van der Waals surface area contributed by atoms with E-state index in [9.17, 15) is 0 Å². The van der Waals surface area contributed by atoms with Gasteiger partial charge in [-0.15, -0.1) is 0 Å². The first-order valence-electron chi connectivity index (χ1n) is 16.9. The Morgan fingerprint density at radius 2 is 0.745 bits per heavy atom. The summed E-state index contributed by atoms with van der Waals surface area (Å²) in [5.41, 5.74) is 9.81. The van der Waals surface area contributed by atoms with Gasteiger partial charge < -0.3 is 9.97 Å². The van der Waals surface area contributed by atoms with Crippen molar-refractivity contribution >= 4 is 33.1 Å². The van der Waals surface area contributed by atoms with Crippen LogP contribution in [-0.4, -0.2) is 29.5 Å². The van der Waals surface area contributed by atoms with Crippen molar-refractivity contribution in [1.82, 2.24) is 29.5 Å². The van der Waals surface area contributed by atoms with Crippen LogP contribution in [0.15, 0.2) is 194 Å². The first kappa shape index (κ1) is 31.2. The molecule has 0 aliphatic rings. The predicted molar refractivity (Wildman–Crippen MR) is 210 cm³/mol. The Morgan fingerprint density at radius 3 is 1.24 bits per heavy atom. The molecule has 6 nitrogen and oxygen atoms in total. The van der Waals surface area contributed by atoms with E-state index in [4.69, 9.17) is 15.0 Å². The average molecular weight is 659 g/mol. The number of hydrogen-bond donors (Lipinski definition) is 2. The first-order chi connectivity index (χ1) is 25.3. The second kappa shape index (κ2) is 14.6. The lowest BCUT2D eigenvalue weighted by molar-refractivity contribution is 1.10. The van der Waals surface area contributed by atoms with E-state index in [0.29, 0.717) is 0 Å². The Kier molecular flexibility index (Phi) is 8.94. The third-order valence-electron chi connectivity index (χ3n) is 8.43. The third-order valence-corrected chi connectivity index (χ3v) is 8.43. The second-order valence-electron chi connectivity index (χ2n) is 11.9. The topological polar surface area (TPSA) is 75.2 Å². The summed E-state index contributed by atoms with van der Waals surface area (Å²) in [7, 11) is 0. The van der Waals surface area contributed by atoms with Gasteiger partial charge in [0.1, 0.15) is 17.5 Å². The van der Waals surface area contributed by atoms with Crippen LogP contribution >= 0.6 is 0 Å². The van der Waals surface area contributed by atoms with Crippen LogP contribution in [0.2, 0.25) is 0 Å². The molecule has 3 heterocycles. The van der Waals surface area contributed by atoms with Crippen molar-refractivity contribution in [2.75, 3.05) is 0 Å². The van der Waals surface area contributed by atoms with Gasteiger partial charge in [-0.25, -0.2) is 15.0 Å². The minimum atomic E-state index is 0.804. The lowest BCUT2D eigenvalue weighted by Crippen LogP contribution is -1.98. The van der Waals surface area contributed by atoms with E-state index in [0.717, 1.165) is 73.0 Å². The molecule has 0 spiro atoms. The lowest BCUT2D eigenvalue weighted by Gasteiger charge is -2.12. The molecule has 244 valence electrons. The number of aromatic amines is 2. The van der Waals surface area contributed by atoms with Crippen LogP contribution in [0.5, 0.6) is 0 Å². The van der Waals surface area contributed by atoms with Crippen molar-refractivity contribution in [2.45, 2.75) is 0 Å². The third kappa shape index (κ3) is 6.93. The van der Waals surface area contributed by atoms with Crippen molar-refractivity contribution in [2.24, 2.45) is 0 Å². The van der Waals surface area contributed by atoms with Crippen LogP contribution in [-0.2, 0) is 0 Å². The largest absolute Gasteiger partial charge is 0.338 e. The van der Waals surface area contributed by atoms with Gasteiger partial charge in [0.05, 0.1) is 33.1 Å². The molecule has 10 aromatic rings. The highest BCUT2D eigenvalue weighted by atomic mass is 15.1. The van der Waals surface area contributed by atoms with E-state index in [-0.39, 0.29) is 0 Å². The van der Waals surface area contributed by atoms with Gasteiger partial charge in [-0.05, 0) is 66.7 Å². The zero-order valence-corrected chi connectivity index (χ0v) is 27.8. The Bertz CT molecular complexity index is 2390. The molecular formula is C45H34N6. The second-order valence-corrected chi connectivity index (χ2v) is 11.9. The van der Waals surface area contributed by atoms with E-state index in [1.165, 1.54) is 0 Å². The van der Waals surface area contributed by atoms with Crippen LogP contribution in [0.4, 0.5) is 0 Å². The van der Waals surface area contributed by atoms with Crippen LogP contribution in [0.1, 0.15) is 0 Å². The zero-order chi connectivity index (χ0) is 34.2. The maximum Gasteiger partial charge on any atom is 0.145 e. The van der Waals surface area contributed by atoms with Crippen molar-refractivity contribution in [3.05, 3.63) is 194 Å². The molecule has 0 aliphatic carbocycles. The lowest BCUT2D eigenvalue weighted by atomic mass is 10.0. The fraction of sp³-hybridized carbons (Fsp3) is 0. The van der Waals surface area contributed by atoms with Gasteiger partial charge >= 0.3 is 0 Å². The van der Waals surface area contributed by atoms with Gasteiger partial charge in [-0.1, -0.05) is 127 Å². The number of H-pyrrole nitrogens is 2. The van der Waals surface area contributed by atoms with Crippen molar-refractivity contribution in [3.63, 3.8) is 0 Å². The van der Waals surface area contributed by atoms with Crippen LogP contribution in [0.25, 0.3) is 73.0 Å². The SMILES string of the molecule is c1ccc(-n2c(-c3cc(-c4nc5ccccc5[nH]4)cc(-c4nc5ccccc5[nH]4)c3)nc3ccccc32)cc1.c1ccccc1.c1ccccc1.